The molecule has 0 saturated carbocycles. The molecule has 7 aromatic carbocycles. The van der Waals surface area contributed by atoms with E-state index in [0.717, 1.165) is 60.8 Å². The van der Waals surface area contributed by atoms with Crippen molar-refractivity contribution in [1.82, 2.24) is 19.1 Å². The van der Waals surface area contributed by atoms with Crippen LogP contribution >= 0.6 is 0 Å². The Morgan fingerprint density at radius 3 is 1.76 bits per heavy atom. The van der Waals surface area contributed by atoms with Crippen LogP contribution in [0.2, 0.25) is 0 Å². The van der Waals surface area contributed by atoms with Crippen molar-refractivity contribution in [2.24, 2.45) is 0 Å². The molecular formula is C44H27FN4. The molecule has 0 N–H and O–H groups in total. The topological polar surface area (TPSA) is 35.6 Å². The predicted octanol–water partition coefficient (Wildman–Crippen LogP) is 11.3. The van der Waals surface area contributed by atoms with Gasteiger partial charge < -0.3 is 4.57 Å². The number of rotatable bonds is 4. The minimum absolute atomic E-state index is 0.277. The molecule has 0 atom stereocenters. The first-order chi connectivity index (χ1) is 24.2. The van der Waals surface area contributed by atoms with E-state index in [1.54, 1.807) is 12.1 Å². The summed E-state index contributed by atoms with van der Waals surface area (Å²) in [6.45, 7) is 0. The number of aromatic nitrogens is 4. The fraction of sp³-hybridized carbons (Fsp3) is 0. The van der Waals surface area contributed by atoms with Crippen molar-refractivity contribution in [3.63, 3.8) is 0 Å². The lowest BCUT2D eigenvalue weighted by molar-refractivity contribution is 0.628. The minimum atomic E-state index is -0.277. The van der Waals surface area contributed by atoms with Crippen LogP contribution in [-0.4, -0.2) is 19.1 Å². The van der Waals surface area contributed by atoms with Gasteiger partial charge in [-0.15, -0.1) is 0 Å². The molecule has 3 aromatic heterocycles. The van der Waals surface area contributed by atoms with Gasteiger partial charge in [0.15, 0.2) is 0 Å². The van der Waals surface area contributed by atoms with Gasteiger partial charge in [-0.2, -0.15) is 0 Å². The maximum Gasteiger partial charge on any atom is 0.235 e. The molecular weight excluding hydrogens is 604 g/mol. The zero-order valence-electron chi connectivity index (χ0n) is 26.3. The van der Waals surface area contributed by atoms with E-state index < -0.39 is 0 Å². The molecule has 0 aliphatic carbocycles. The highest BCUT2D eigenvalue weighted by Crippen LogP contribution is 2.38. The number of fused-ring (bicyclic) bond motifs is 7. The van der Waals surface area contributed by atoms with E-state index in [4.69, 9.17) is 9.97 Å². The van der Waals surface area contributed by atoms with Crippen LogP contribution in [0.25, 0.3) is 88.5 Å². The van der Waals surface area contributed by atoms with Crippen molar-refractivity contribution in [3.05, 3.63) is 170 Å². The van der Waals surface area contributed by atoms with Gasteiger partial charge in [0.05, 0.1) is 33.3 Å². The van der Waals surface area contributed by atoms with E-state index in [-0.39, 0.29) is 5.82 Å². The molecule has 230 valence electrons. The summed E-state index contributed by atoms with van der Waals surface area (Å²) in [4.78, 5) is 10.2. The van der Waals surface area contributed by atoms with Crippen LogP contribution in [-0.2, 0) is 0 Å². The van der Waals surface area contributed by atoms with Crippen LogP contribution in [0, 0.1) is 5.82 Å². The second-order valence-electron chi connectivity index (χ2n) is 12.4. The summed E-state index contributed by atoms with van der Waals surface area (Å²) in [5.74, 6) is 0.298. The Morgan fingerprint density at radius 1 is 0.388 bits per heavy atom. The molecule has 3 heterocycles. The molecule has 4 nitrogen and oxygen atoms in total. The van der Waals surface area contributed by atoms with Gasteiger partial charge in [-0.3, -0.25) is 4.57 Å². The van der Waals surface area contributed by atoms with Crippen LogP contribution in [0.5, 0.6) is 0 Å². The summed E-state index contributed by atoms with van der Waals surface area (Å²) in [6, 6.07) is 55.5. The molecule has 0 fully saturated rings. The van der Waals surface area contributed by atoms with Gasteiger partial charge in [0.2, 0.25) is 5.95 Å². The lowest BCUT2D eigenvalue weighted by atomic mass is 10.0. The Bertz CT molecular complexity index is 2880. The maximum atomic E-state index is 13.9. The Morgan fingerprint density at radius 2 is 0.959 bits per heavy atom. The van der Waals surface area contributed by atoms with E-state index in [1.165, 1.54) is 33.9 Å². The molecule has 10 aromatic rings. The maximum absolute atomic E-state index is 13.9. The molecule has 49 heavy (non-hydrogen) atoms. The Labute approximate surface area is 281 Å². The van der Waals surface area contributed by atoms with Gasteiger partial charge in [0.25, 0.3) is 0 Å². The number of hydrogen-bond donors (Lipinski definition) is 0. The van der Waals surface area contributed by atoms with Gasteiger partial charge in [0.1, 0.15) is 5.82 Å². The van der Waals surface area contributed by atoms with Crippen molar-refractivity contribution in [1.29, 1.82) is 0 Å². The van der Waals surface area contributed by atoms with Crippen molar-refractivity contribution >= 4 is 54.5 Å². The largest absolute Gasteiger partial charge is 0.309 e. The molecule has 0 amide bonds. The number of para-hydroxylation sites is 4. The van der Waals surface area contributed by atoms with E-state index >= 15 is 0 Å². The normalized spacial score (nSPS) is 11.8. The summed E-state index contributed by atoms with van der Waals surface area (Å²) in [7, 11) is 0. The van der Waals surface area contributed by atoms with Crippen molar-refractivity contribution in [3.8, 4) is 34.0 Å². The van der Waals surface area contributed by atoms with Gasteiger partial charge >= 0.3 is 0 Å². The second kappa shape index (κ2) is 10.7. The second-order valence-corrected chi connectivity index (χ2v) is 12.4. The van der Waals surface area contributed by atoms with Gasteiger partial charge in [0, 0.05) is 38.2 Å². The predicted molar refractivity (Wildman–Crippen MR) is 199 cm³/mol. The molecule has 0 radical (unpaired) electrons. The van der Waals surface area contributed by atoms with Crippen LogP contribution in [0.1, 0.15) is 0 Å². The fourth-order valence-electron chi connectivity index (χ4n) is 7.37. The number of nitrogens with zero attached hydrogens (tertiary/aromatic N) is 4. The highest BCUT2D eigenvalue weighted by atomic mass is 19.1. The summed E-state index contributed by atoms with van der Waals surface area (Å²) < 4.78 is 18.4. The van der Waals surface area contributed by atoms with Crippen molar-refractivity contribution < 1.29 is 4.39 Å². The molecule has 0 aliphatic heterocycles. The smallest absolute Gasteiger partial charge is 0.235 e. The lowest BCUT2D eigenvalue weighted by Gasteiger charge is -2.12. The summed E-state index contributed by atoms with van der Waals surface area (Å²) in [6.07, 6.45) is 0. The first kappa shape index (κ1) is 27.5. The molecule has 5 heteroatoms. The minimum Gasteiger partial charge on any atom is -0.309 e. The summed E-state index contributed by atoms with van der Waals surface area (Å²) >= 11 is 0. The average molecular weight is 631 g/mol. The highest BCUT2D eigenvalue weighted by Gasteiger charge is 2.19. The van der Waals surface area contributed by atoms with Crippen LogP contribution in [0.4, 0.5) is 4.39 Å². The quantitative estimate of drug-likeness (QED) is 0.194. The zero-order valence-corrected chi connectivity index (χ0v) is 26.3. The Hall–Kier alpha value is -6.59. The highest BCUT2D eigenvalue weighted by molar-refractivity contribution is 6.12. The summed E-state index contributed by atoms with van der Waals surface area (Å²) in [5, 5.41) is 5.63. The third-order valence-corrected chi connectivity index (χ3v) is 9.60. The van der Waals surface area contributed by atoms with E-state index in [1.807, 2.05) is 24.3 Å². The van der Waals surface area contributed by atoms with Gasteiger partial charge in [-0.1, -0.05) is 91.0 Å². The zero-order chi connectivity index (χ0) is 32.5. The van der Waals surface area contributed by atoms with E-state index in [9.17, 15) is 4.39 Å². The Balaban J connectivity index is 1.19. The first-order valence-corrected chi connectivity index (χ1v) is 16.4. The van der Waals surface area contributed by atoms with Crippen LogP contribution < -0.4 is 0 Å². The number of hydrogen-bond acceptors (Lipinski definition) is 2. The van der Waals surface area contributed by atoms with Gasteiger partial charge in [-0.05, 0) is 83.9 Å². The van der Waals surface area contributed by atoms with Crippen molar-refractivity contribution in [2.75, 3.05) is 0 Å². The first-order valence-electron chi connectivity index (χ1n) is 16.4. The van der Waals surface area contributed by atoms with E-state index in [2.05, 4.69) is 124 Å². The summed E-state index contributed by atoms with van der Waals surface area (Å²) in [5.41, 5.74) is 10.3. The third-order valence-electron chi connectivity index (χ3n) is 9.60. The molecule has 0 saturated heterocycles. The van der Waals surface area contributed by atoms with Crippen LogP contribution in [0.15, 0.2) is 164 Å². The molecule has 0 spiro atoms. The average Bonchev–Trinajstić information content (AvgIpc) is 3.67. The molecule has 0 unspecified atom stereocenters. The molecule has 0 bridgehead atoms. The third kappa shape index (κ3) is 4.29. The standard InChI is InChI=1S/C44H27FN4/c45-31-22-18-28(19-23-31)43-36-14-4-7-15-38(36)46-44(47-43)49-40-17-9-6-13-34(40)37-26-29(21-25-41(37)49)30-20-24-35-33-12-5-8-16-39(33)48(42(35)27-30)32-10-2-1-3-11-32/h1-27H. The van der Waals surface area contributed by atoms with Crippen LogP contribution in [0.3, 0.4) is 0 Å². The Kier molecular flexibility index (Phi) is 6.02. The van der Waals surface area contributed by atoms with E-state index in [0.29, 0.717) is 5.95 Å². The number of benzene rings is 7. The van der Waals surface area contributed by atoms with Gasteiger partial charge in [-0.25, -0.2) is 14.4 Å². The van der Waals surface area contributed by atoms with Crippen molar-refractivity contribution in [2.45, 2.75) is 0 Å². The fourth-order valence-corrected chi connectivity index (χ4v) is 7.37. The monoisotopic (exact) mass is 630 g/mol. The SMILES string of the molecule is Fc1ccc(-c2nc(-n3c4ccccc4c4cc(-c5ccc6c7ccccc7n(-c7ccccc7)c6c5)ccc43)nc3ccccc23)cc1. The lowest BCUT2D eigenvalue weighted by Crippen LogP contribution is -2.03. The number of halogens is 1. The molecule has 10 rings (SSSR count). The molecule has 0 aliphatic rings.